The van der Waals surface area contributed by atoms with Crippen LogP contribution in [-0.4, -0.2) is 32.2 Å². The zero-order chi connectivity index (χ0) is 16.9. The summed E-state index contributed by atoms with van der Waals surface area (Å²) in [5.74, 6) is 0.504. The molecule has 0 saturated heterocycles. The molecule has 3 rings (SSSR count). The standard InChI is InChI=1S/C17H19N5O2/c1-2-19-17(24)21-16-6-12-4-3-5-13(15(12)8-20-16)9-22-11-18-7-14(22)10-23/h3-8,11,23H,2,9-10H2,1H3,(H2,19,20,21,24). The number of benzene rings is 1. The average Bonchev–Trinajstić information content (AvgIpc) is 3.02. The van der Waals surface area contributed by atoms with Crippen LogP contribution in [0.1, 0.15) is 18.2 Å². The number of hydrogen-bond donors (Lipinski definition) is 3. The summed E-state index contributed by atoms with van der Waals surface area (Å²) in [5, 5.41) is 16.7. The van der Waals surface area contributed by atoms with E-state index in [-0.39, 0.29) is 12.6 Å². The molecule has 0 radical (unpaired) electrons. The third-order valence-electron chi connectivity index (χ3n) is 3.74. The molecule has 0 spiro atoms. The molecule has 24 heavy (non-hydrogen) atoms. The molecule has 2 amide bonds. The first-order valence-electron chi connectivity index (χ1n) is 7.73. The Hall–Kier alpha value is -2.93. The highest BCUT2D eigenvalue weighted by Gasteiger charge is 2.08. The first-order chi connectivity index (χ1) is 11.7. The Kier molecular flexibility index (Phi) is 4.72. The van der Waals surface area contributed by atoms with Crippen LogP contribution >= 0.6 is 0 Å². The maximum atomic E-state index is 11.6. The van der Waals surface area contributed by atoms with E-state index in [9.17, 15) is 9.90 Å². The summed E-state index contributed by atoms with van der Waals surface area (Å²) in [6.45, 7) is 2.96. The van der Waals surface area contributed by atoms with Crippen LogP contribution in [0.15, 0.2) is 43.0 Å². The lowest BCUT2D eigenvalue weighted by Gasteiger charge is -2.11. The number of nitrogens with one attached hydrogen (secondary N) is 2. The molecule has 2 heterocycles. The van der Waals surface area contributed by atoms with E-state index in [0.717, 1.165) is 22.0 Å². The summed E-state index contributed by atoms with van der Waals surface area (Å²) >= 11 is 0. The highest BCUT2D eigenvalue weighted by atomic mass is 16.3. The number of urea groups is 1. The van der Waals surface area contributed by atoms with Crippen molar-refractivity contribution >= 4 is 22.6 Å². The molecule has 3 aromatic rings. The molecular formula is C17H19N5O2. The van der Waals surface area contributed by atoms with Crippen molar-refractivity contribution < 1.29 is 9.90 Å². The Morgan fingerprint density at radius 1 is 1.33 bits per heavy atom. The molecule has 124 valence electrons. The molecule has 3 N–H and O–H groups in total. The van der Waals surface area contributed by atoms with Gasteiger partial charge in [-0.15, -0.1) is 0 Å². The number of aromatic nitrogens is 3. The quantitative estimate of drug-likeness (QED) is 0.670. The molecule has 7 nitrogen and oxygen atoms in total. The van der Waals surface area contributed by atoms with E-state index < -0.39 is 0 Å². The predicted molar refractivity (Wildman–Crippen MR) is 91.7 cm³/mol. The van der Waals surface area contributed by atoms with Crippen molar-refractivity contribution in [3.63, 3.8) is 0 Å². The summed E-state index contributed by atoms with van der Waals surface area (Å²) in [7, 11) is 0. The van der Waals surface area contributed by atoms with Gasteiger partial charge in [-0.05, 0) is 23.9 Å². The van der Waals surface area contributed by atoms with Crippen LogP contribution in [0.3, 0.4) is 0 Å². The van der Waals surface area contributed by atoms with Crippen molar-refractivity contribution in [1.82, 2.24) is 19.9 Å². The van der Waals surface area contributed by atoms with Crippen molar-refractivity contribution in [2.45, 2.75) is 20.1 Å². The lowest BCUT2D eigenvalue weighted by Crippen LogP contribution is -2.28. The lowest BCUT2D eigenvalue weighted by atomic mass is 10.1. The van der Waals surface area contributed by atoms with Crippen LogP contribution in [0.25, 0.3) is 10.8 Å². The molecule has 0 bridgehead atoms. The molecule has 7 heteroatoms. The highest BCUT2D eigenvalue weighted by molar-refractivity contribution is 5.92. The van der Waals surface area contributed by atoms with E-state index in [2.05, 4.69) is 20.6 Å². The number of anilines is 1. The number of carbonyl (C=O) groups excluding carboxylic acids is 1. The summed E-state index contributed by atoms with van der Waals surface area (Å²) in [6.07, 6.45) is 5.10. The van der Waals surface area contributed by atoms with Crippen molar-refractivity contribution in [3.8, 4) is 0 Å². The highest BCUT2D eigenvalue weighted by Crippen LogP contribution is 2.22. The minimum Gasteiger partial charge on any atom is -0.390 e. The second kappa shape index (κ2) is 7.10. The van der Waals surface area contributed by atoms with Crippen LogP contribution in [0.4, 0.5) is 10.6 Å². The number of fused-ring (bicyclic) bond motifs is 1. The number of hydrogen-bond acceptors (Lipinski definition) is 4. The van der Waals surface area contributed by atoms with Crippen LogP contribution in [0, 0.1) is 0 Å². The second-order valence-corrected chi connectivity index (χ2v) is 5.36. The van der Waals surface area contributed by atoms with Gasteiger partial charge in [0, 0.05) is 24.7 Å². The zero-order valence-electron chi connectivity index (χ0n) is 13.4. The first kappa shape index (κ1) is 15.9. The molecule has 0 saturated carbocycles. The number of carbonyl (C=O) groups is 1. The molecule has 0 aliphatic heterocycles. The molecule has 0 fully saturated rings. The molecule has 0 aliphatic rings. The fourth-order valence-corrected chi connectivity index (χ4v) is 2.57. The monoisotopic (exact) mass is 325 g/mol. The second-order valence-electron chi connectivity index (χ2n) is 5.36. The number of nitrogens with zero attached hydrogens (tertiary/aromatic N) is 3. The Bertz CT molecular complexity index is 859. The molecule has 2 aromatic heterocycles. The van der Waals surface area contributed by atoms with Gasteiger partial charge in [-0.25, -0.2) is 14.8 Å². The van der Waals surface area contributed by atoms with Crippen molar-refractivity contribution in [3.05, 3.63) is 54.2 Å². The maximum Gasteiger partial charge on any atom is 0.320 e. The van der Waals surface area contributed by atoms with Crippen LogP contribution < -0.4 is 10.6 Å². The van der Waals surface area contributed by atoms with Gasteiger partial charge in [-0.1, -0.05) is 18.2 Å². The van der Waals surface area contributed by atoms with Crippen LogP contribution in [-0.2, 0) is 13.2 Å². The van der Waals surface area contributed by atoms with Gasteiger partial charge in [0.2, 0.25) is 0 Å². The van der Waals surface area contributed by atoms with Crippen molar-refractivity contribution in [2.24, 2.45) is 0 Å². The largest absolute Gasteiger partial charge is 0.390 e. The van der Waals surface area contributed by atoms with Gasteiger partial charge < -0.3 is 15.0 Å². The van der Waals surface area contributed by atoms with Gasteiger partial charge in [0.1, 0.15) is 5.82 Å². The van der Waals surface area contributed by atoms with E-state index in [0.29, 0.717) is 18.9 Å². The van der Waals surface area contributed by atoms with Gasteiger partial charge in [-0.2, -0.15) is 0 Å². The zero-order valence-corrected chi connectivity index (χ0v) is 13.4. The van der Waals surface area contributed by atoms with Gasteiger partial charge in [0.25, 0.3) is 0 Å². The van der Waals surface area contributed by atoms with Crippen LogP contribution in [0.2, 0.25) is 0 Å². The Balaban J connectivity index is 1.89. The summed E-state index contributed by atoms with van der Waals surface area (Å²) < 4.78 is 1.90. The Morgan fingerprint density at radius 2 is 2.21 bits per heavy atom. The molecule has 0 atom stereocenters. The molecular weight excluding hydrogens is 306 g/mol. The number of imidazole rings is 1. The summed E-state index contributed by atoms with van der Waals surface area (Å²) in [6, 6.07) is 7.52. The third-order valence-corrected chi connectivity index (χ3v) is 3.74. The number of amides is 2. The normalized spacial score (nSPS) is 10.8. The van der Waals surface area contributed by atoms with Crippen molar-refractivity contribution in [1.29, 1.82) is 0 Å². The fraction of sp³-hybridized carbons (Fsp3) is 0.235. The summed E-state index contributed by atoms with van der Waals surface area (Å²) in [5.41, 5.74) is 1.83. The Morgan fingerprint density at radius 3 is 3.00 bits per heavy atom. The molecule has 1 aromatic carbocycles. The van der Waals surface area contributed by atoms with E-state index in [4.69, 9.17) is 0 Å². The predicted octanol–water partition coefficient (Wildman–Crippen LogP) is 2.11. The fourth-order valence-electron chi connectivity index (χ4n) is 2.57. The van der Waals surface area contributed by atoms with E-state index in [1.807, 2.05) is 35.8 Å². The van der Waals surface area contributed by atoms with E-state index in [1.165, 1.54) is 0 Å². The summed E-state index contributed by atoms with van der Waals surface area (Å²) in [4.78, 5) is 20.0. The van der Waals surface area contributed by atoms with Gasteiger partial charge in [0.15, 0.2) is 0 Å². The van der Waals surface area contributed by atoms with Gasteiger partial charge >= 0.3 is 6.03 Å². The maximum absolute atomic E-state index is 11.6. The van der Waals surface area contributed by atoms with Gasteiger partial charge in [-0.3, -0.25) is 5.32 Å². The minimum atomic E-state index is -0.272. The van der Waals surface area contributed by atoms with E-state index >= 15 is 0 Å². The van der Waals surface area contributed by atoms with E-state index in [1.54, 1.807) is 18.7 Å². The van der Waals surface area contributed by atoms with Crippen molar-refractivity contribution in [2.75, 3.05) is 11.9 Å². The molecule has 0 unspecified atom stereocenters. The SMILES string of the molecule is CCNC(=O)Nc1cc2cccc(Cn3cncc3CO)c2cn1. The topological polar surface area (TPSA) is 92.1 Å². The Labute approximate surface area is 139 Å². The number of aliphatic hydroxyl groups excluding tert-OH is 1. The average molecular weight is 325 g/mol. The molecule has 0 aliphatic carbocycles. The first-order valence-corrected chi connectivity index (χ1v) is 7.73. The number of aliphatic hydroxyl groups is 1. The number of pyridine rings is 1. The minimum absolute atomic E-state index is 0.0520. The smallest absolute Gasteiger partial charge is 0.320 e. The third kappa shape index (κ3) is 3.36. The van der Waals surface area contributed by atoms with Crippen LogP contribution in [0.5, 0.6) is 0 Å². The van der Waals surface area contributed by atoms with Gasteiger partial charge in [0.05, 0.1) is 24.8 Å². The lowest BCUT2D eigenvalue weighted by molar-refractivity contribution is 0.252. The number of rotatable bonds is 5.